The van der Waals surface area contributed by atoms with Crippen molar-refractivity contribution in [3.05, 3.63) is 46.0 Å². The summed E-state index contributed by atoms with van der Waals surface area (Å²) in [4.78, 5) is 54.3. The molecule has 1 saturated heterocycles. The Labute approximate surface area is 210 Å². The summed E-state index contributed by atoms with van der Waals surface area (Å²) in [5.74, 6) is -1.80. The maximum atomic E-state index is 13.4. The highest BCUT2D eigenvalue weighted by molar-refractivity contribution is 6.36. The van der Waals surface area contributed by atoms with Crippen LogP contribution in [0.5, 0.6) is 0 Å². The number of hydrogen-bond donors (Lipinski definition) is 1. The lowest BCUT2D eigenvalue weighted by Crippen LogP contribution is -2.50. The number of rotatable bonds is 9. The van der Waals surface area contributed by atoms with Gasteiger partial charge in [-0.1, -0.05) is 48.3 Å². The number of benzene rings is 1. The maximum absolute atomic E-state index is 13.4. The monoisotopic (exact) mass is 507 g/mol. The van der Waals surface area contributed by atoms with Gasteiger partial charge in [-0.05, 0) is 45.2 Å². The largest absolute Gasteiger partial charge is 0.352 e. The molecule has 0 radical (unpaired) electrons. The minimum atomic E-state index is -0.800. The van der Waals surface area contributed by atoms with Gasteiger partial charge < -0.3 is 10.2 Å². The van der Waals surface area contributed by atoms with Gasteiger partial charge in [0.15, 0.2) is 0 Å². The molecule has 0 bridgehead atoms. The van der Waals surface area contributed by atoms with E-state index in [-0.39, 0.29) is 61.0 Å². The molecule has 4 amide bonds. The Morgan fingerprint density at radius 2 is 1.65 bits per heavy atom. The van der Waals surface area contributed by atoms with Crippen molar-refractivity contribution in [1.29, 1.82) is 0 Å². The van der Waals surface area contributed by atoms with Crippen molar-refractivity contribution in [2.24, 2.45) is 11.8 Å². The molecule has 1 aromatic carbocycles. The molecule has 1 fully saturated rings. The minimum absolute atomic E-state index is 0.0179. The van der Waals surface area contributed by atoms with Crippen molar-refractivity contribution in [1.82, 2.24) is 15.1 Å². The lowest BCUT2D eigenvalue weighted by atomic mass is 9.85. The van der Waals surface area contributed by atoms with Gasteiger partial charge in [0.05, 0.1) is 11.8 Å². The van der Waals surface area contributed by atoms with E-state index < -0.39 is 6.04 Å². The Morgan fingerprint density at radius 1 is 1.09 bits per heavy atom. The summed E-state index contributed by atoms with van der Waals surface area (Å²) in [7, 11) is 0. The molecule has 0 unspecified atom stereocenters. The second-order valence-electron chi connectivity index (χ2n) is 8.95. The van der Waals surface area contributed by atoms with Crippen molar-refractivity contribution in [2.75, 3.05) is 6.54 Å². The number of nitrogens with one attached hydrogen (secondary N) is 1. The van der Waals surface area contributed by atoms with Gasteiger partial charge in [-0.3, -0.25) is 24.1 Å². The number of hydrogen-bond acceptors (Lipinski definition) is 4. The summed E-state index contributed by atoms with van der Waals surface area (Å²) >= 11 is 12.7. The summed E-state index contributed by atoms with van der Waals surface area (Å²) in [6, 6.07) is 4.20. The van der Waals surface area contributed by atoms with Crippen LogP contribution in [0.3, 0.4) is 0 Å². The van der Waals surface area contributed by atoms with Crippen LogP contribution in [0.15, 0.2) is 30.4 Å². The quantitative estimate of drug-likeness (QED) is 0.404. The van der Waals surface area contributed by atoms with Crippen molar-refractivity contribution in [3.8, 4) is 0 Å². The Morgan fingerprint density at radius 3 is 2.18 bits per heavy atom. The second kappa shape index (κ2) is 11.4. The van der Waals surface area contributed by atoms with Gasteiger partial charge in [-0.15, -0.1) is 0 Å². The van der Waals surface area contributed by atoms with E-state index in [1.165, 1.54) is 9.80 Å². The first-order valence-electron chi connectivity index (χ1n) is 11.7. The number of nitrogens with zero attached hydrogens (tertiary/aromatic N) is 2. The summed E-state index contributed by atoms with van der Waals surface area (Å²) in [6.07, 6.45) is 5.60. The molecule has 1 aromatic rings. The summed E-state index contributed by atoms with van der Waals surface area (Å²) in [5.41, 5.74) is 0.535. The Bertz CT molecular complexity index is 950. The van der Waals surface area contributed by atoms with E-state index in [0.717, 1.165) is 6.42 Å². The summed E-state index contributed by atoms with van der Waals surface area (Å²) in [6.45, 7) is 5.51. The van der Waals surface area contributed by atoms with Crippen molar-refractivity contribution in [3.63, 3.8) is 0 Å². The molecule has 9 heteroatoms. The van der Waals surface area contributed by atoms with Crippen LogP contribution in [0.2, 0.25) is 10.0 Å². The molecule has 3 rings (SSSR count). The Kier molecular flexibility index (Phi) is 8.77. The fraction of sp³-hybridized carbons (Fsp3) is 0.520. The minimum Gasteiger partial charge on any atom is -0.352 e. The van der Waals surface area contributed by atoms with Crippen LogP contribution in [-0.2, 0) is 25.7 Å². The van der Waals surface area contributed by atoms with Crippen LogP contribution in [0.4, 0.5) is 0 Å². The standard InChI is InChI=1S/C25H31Cl2N3O4/c1-4-15(2)28-23(32)16(3)30(14-19-20(26)10-7-11-21(19)27)22(31)12-13-29-24(33)17-8-5-6-9-18(17)25(29)34/h5-7,10-11,15-18H,4,8-9,12-14H2,1-3H3,(H,28,32)/t15-,16+,17-,18+/m1/s1. The van der Waals surface area contributed by atoms with Crippen molar-refractivity contribution >= 4 is 46.8 Å². The predicted molar refractivity (Wildman–Crippen MR) is 131 cm³/mol. The zero-order chi connectivity index (χ0) is 25.0. The molecule has 1 aliphatic heterocycles. The number of halogens is 2. The van der Waals surface area contributed by atoms with E-state index >= 15 is 0 Å². The first-order chi connectivity index (χ1) is 16.1. The van der Waals surface area contributed by atoms with Crippen molar-refractivity contribution in [2.45, 2.75) is 65.1 Å². The number of allylic oxidation sites excluding steroid dienone is 2. The molecule has 34 heavy (non-hydrogen) atoms. The fourth-order valence-electron chi connectivity index (χ4n) is 4.34. The van der Waals surface area contributed by atoms with E-state index in [1.807, 2.05) is 26.0 Å². The molecule has 184 valence electrons. The highest BCUT2D eigenvalue weighted by Crippen LogP contribution is 2.35. The van der Waals surface area contributed by atoms with Gasteiger partial charge in [0.2, 0.25) is 23.6 Å². The third kappa shape index (κ3) is 5.63. The normalized spacial score (nSPS) is 21.3. The van der Waals surface area contributed by atoms with Crippen LogP contribution < -0.4 is 5.32 Å². The molecule has 1 N–H and O–H groups in total. The van der Waals surface area contributed by atoms with Crippen LogP contribution in [0.25, 0.3) is 0 Å². The van der Waals surface area contributed by atoms with Crippen molar-refractivity contribution < 1.29 is 19.2 Å². The molecule has 1 heterocycles. The van der Waals surface area contributed by atoms with Crippen LogP contribution in [-0.4, -0.2) is 52.1 Å². The second-order valence-corrected chi connectivity index (χ2v) is 9.76. The van der Waals surface area contributed by atoms with Gasteiger partial charge >= 0.3 is 0 Å². The molecular weight excluding hydrogens is 477 g/mol. The number of amides is 4. The van der Waals surface area contributed by atoms with Crippen LogP contribution in [0.1, 0.15) is 52.0 Å². The van der Waals surface area contributed by atoms with Gasteiger partial charge in [0.1, 0.15) is 6.04 Å². The van der Waals surface area contributed by atoms with E-state index in [9.17, 15) is 19.2 Å². The molecule has 1 aliphatic carbocycles. The van der Waals surface area contributed by atoms with Gasteiger partial charge in [-0.25, -0.2) is 0 Å². The molecule has 4 atom stereocenters. The van der Waals surface area contributed by atoms with E-state index in [4.69, 9.17) is 23.2 Å². The SMILES string of the molecule is CC[C@@H](C)NC(=O)[C@H](C)N(Cc1c(Cl)cccc1Cl)C(=O)CCN1C(=O)[C@H]2CC=CC[C@H]2C1=O. The van der Waals surface area contributed by atoms with E-state index in [0.29, 0.717) is 28.5 Å². The third-order valence-corrected chi connectivity index (χ3v) is 7.41. The molecule has 7 nitrogen and oxygen atoms in total. The van der Waals surface area contributed by atoms with E-state index in [1.54, 1.807) is 25.1 Å². The average molecular weight is 508 g/mol. The number of imide groups is 1. The first-order valence-corrected chi connectivity index (χ1v) is 12.4. The Hall–Kier alpha value is -2.38. The zero-order valence-electron chi connectivity index (χ0n) is 19.7. The lowest BCUT2D eigenvalue weighted by molar-refractivity contribution is -0.143. The number of fused-ring (bicyclic) bond motifs is 1. The Balaban J connectivity index is 1.76. The predicted octanol–water partition coefficient (Wildman–Crippen LogP) is 3.97. The highest BCUT2D eigenvalue weighted by atomic mass is 35.5. The topological polar surface area (TPSA) is 86.8 Å². The molecule has 0 aromatic heterocycles. The first kappa shape index (κ1) is 26.2. The summed E-state index contributed by atoms with van der Waals surface area (Å²) in [5, 5.41) is 3.68. The number of likely N-dealkylation sites (tertiary alicyclic amines) is 1. The smallest absolute Gasteiger partial charge is 0.242 e. The van der Waals surface area contributed by atoms with Gasteiger partial charge in [0.25, 0.3) is 0 Å². The maximum Gasteiger partial charge on any atom is 0.242 e. The van der Waals surface area contributed by atoms with Crippen LogP contribution >= 0.6 is 23.2 Å². The molecule has 0 spiro atoms. The number of carbonyl (C=O) groups is 4. The molecule has 2 aliphatic rings. The molecular formula is C25H31Cl2N3O4. The third-order valence-electron chi connectivity index (χ3n) is 6.71. The fourth-order valence-corrected chi connectivity index (χ4v) is 4.86. The van der Waals surface area contributed by atoms with Gasteiger partial charge in [0, 0.05) is 41.2 Å². The average Bonchev–Trinajstić information content (AvgIpc) is 3.06. The van der Waals surface area contributed by atoms with Gasteiger partial charge in [-0.2, -0.15) is 0 Å². The molecule has 0 saturated carbocycles. The van der Waals surface area contributed by atoms with E-state index in [2.05, 4.69) is 5.32 Å². The number of carbonyl (C=O) groups excluding carboxylic acids is 4. The highest BCUT2D eigenvalue weighted by Gasteiger charge is 2.47. The zero-order valence-corrected chi connectivity index (χ0v) is 21.2. The lowest BCUT2D eigenvalue weighted by Gasteiger charge is -2.30. The van der Waals surface area contributed by atoms with Crippen LogP contribution in [0, 0.1) is 11.8 Å². The summed E-state index contributed by atoms with van der Waals surface area (Å²) < 4.78 is 0.